The molecule has 1 fully saturated rings. The third-order valence-corrected chi connectivity index (χ3v) is 3.58. The van der Waals surface area contributed by atoms with Gasteiger partial charge in [0.05, 0.1) is 12.2 Å². The van der Waals surface area contributed by atoms with Crippen molar-refractivity contribution in [2.45, 2.75) is 51.2 Å². The summed E-state index contributed by atoms with van der Waals surface area (Å²) in [4.78, 5) is 0. The molecule has 2 unspecified atom stereocenters. The maximum Gasteiger partial charge on any atom is 0.0793 e. The van der Waals surface area contributed by atoms with Gasteiger partial charge in [-0.1, -0.05) is 31.2 Å². The minimum atomic E-state index is -0.338. The van der Waals surface area contributed by atoms with Gasteiger partial charge in [-0.2, -0.15) is 0 Å². The zero-order valence-corrected chi connectivity index (χ0v) is 10.6. The Hall–Kier alpha value is -0.860. The first kappa shape index (κ1) is 12.6. The van der Waals surface area contributed by atoms with Crippen molar-refractivity contribution in [3.8, 4) is 0 Å². The van der Waals surface area contributed by atoms with Gasteiger partial charge in [-0.15, -0.1) is 0 Å². The predicted molar refractivity (Wildman–Crippen MR) is 69.0 cm³/mol. The minimum Gasteiger partial charge on any atom is -0.388 e. The molecule has 0 bridgehead atoms. The highest BCUT2D eigenvalue weighted by Crippen LogP contribution is 2.26. The van der Waals surface area contributed by atoms with Crippen LogP contribution in [0.5, 0.6) is 0 Å². The van der Waals surface area contributed by atoms with Gasteiger partial charge in [0.25, 0.3) is 0 Å². The molecule has 1 heterocycles. The lowest BCUT2D eigenvalue weighted by Crippen LogP contribution is -2.09. The lowest BCUT2D eigenvalue weighted by Gasteiger charge is -2.16. The van der Waals surface area contributed by atoms with E-state index in [0.717, 1.165) is 37.9 Å². The van der Waals surface area contributed by atoms with Crippen LogP contribution in [-0.2, 0) is 11.2 Å². The summed E-state index contributed by atoms with van der Waals surface area (Å²) in [6.07, 6.45) is 5.12. The zero-order chi connectivity index (χ0) is 12.1. The minimum absolute atomic E-state index is 0.338. The highest BCUT2D eigenvalue weighted by molar-refractivity contribution is 5.28. The summed E-state index contributed by atoms with van der Waals surface area (Å²) in [5.74, 6) is 0. The molecule has 1 aromatic carbocycles. The van der Waals surface area contributed by atoms with E-state index < -0.39 is 0 Å². The highest BCUT2D eigenvalue weighted by atomic mass is 16.5. The molecule has 0 spiro atoms. The van der Waals surface area contributed by atoms with Crippen molar-refractivity contribution < 1.29 is 9.84 Å². The fraction of sp³-hybridized carbons (Fsp3) is 0.600. The quantitative estimate of drug-likeness (QED) is 0.847. The molecular formula is C15H22O2. The molecule has 2 heteroatoms. The smallest absolute Gasteiger partial charge is 0.0793 e. The maximum atomic E-state index is 10.2. The molecule has 1 aromatic rings. The fourth-order valence-corrected chi connectivity index (χ4v) is 2.55. The second kappa shape index (κ2) is 6.18. The Morgan fingerprint density at radius 3 is 2.94 bits per heavy atom. The van der Waals surface area contributed by atoms with Crippen molar-refractivity contribution >= 4 is 0 Å². The number of benzene rings is 1. The van der Waals surface area contributed by atoms with Crippen LogP contribution in [0.15, 0.2) is 24.3 Å². The van der Waals surface area contributed by atoms with Crippen LogP contribution in [0.25, 0.3) is 0 Å². The summed E-state index contributed by atoms with van der Waals surface area (Å²) in [5, 5.41) is 10.2. The Bertz CT molecular complexity index is 343. The third kappa shape index (κ3) is 3.30. The standard InChI is InChI=1S/C15H22O2/c1-2-12-6-3-4-8-14(12)15(16)10-9-13-7-5-11-17-13/h3-4,6,8,13,15-16H,2,5,7,9-11H2,1H3. The molecule has 17 heavy (non-hydrogen) atoms. The Kier molecular flexibility index (Phi) is 4.57. The van der Waals surface area contributed by atoms with Gasteiger partial charge in [0, 0.05) is 6.61 Å². The topological polar surface area (TPSA) is 29.5 Å². The van der Waals surface area contributed by atoms with E-state index in [0.29, 0.717) is 6.10 Å². The van der Waals surface area contributed by atoms with Crippen LogP contribution in [0.2, 0.25) is 0 Å². The number of aryl methyl sites for hydroxylation is 1. The lowest BCUT2D eigenvalue weighted by molar-refractivity contribution is 0.0810. The molecular weight excluding hydrogens is 212 g/mol. The van der Waals surface area contributed by atoms with Gasteiger partial charge in [-0.25, -0.2) is 0 Å². The van der Waals surface area contributed by atoms with E-state index in [9.17, 15) is 5.11 Å². The predicted octanol–water partition coefficient (Wildman–Crippen LogP) is 3.24. The Balaban J connectivity index is 1.91. The van der Waals surface area contributed by atoms with Gasteiger partial charge in [-0.3, -0.25) is 0 Å². The monoisotopic (exact) mass is 234 g/mol. The van der Waals surface area contributed by atoms with Gasteiger partial charge in [0.1, 0.15) is 0 Å². The van der Waals surface area contributed by atoms with E-state index in [1.165, 1.54) is 12.0 Å². The Morgan fingerprint density at radius 1 is 1.41 bits per heavy atom. The third-order valence-electron chi connectivity index (χ3n) is 3.58. The van der Waals surface area contributed by atoms with E-state index in [2.05, 4.69) is 13.0 Å². The first-order valence-electron chi connectivity index (χ1n) is 6.68. The van der Waals surface area contributed by atoms with Crippen molar-refractivity contribution in [1.29, 1.82) is 0 Å². The van der Waals surface area contributed by atoms with Crippen LogP contribution < -0.4 is 0 Å². The van der Waals surface area contributed by atoms with Crippen molar-refractivity contribution in [2.75, 3.05) is 6.61 Å². The van der Waals surface area contributed by atoms with Crippen molar-refractivity contribution in [1.82, 2.24) is 0 Å². The van der Waals surface area contributed by atoms with E-state index in [1.807, 2.05) is 18.2 Å². The van der Waals surface area contributed by atoms with Crippen LogP contribution >= 0.6 is 0 Å². The highest BCUT2D eigenvalue weighted by Gasteiger charge is 2.18. The zero-order valence-electron chi connectivity index (χ0n) is 10.6. The normalized spacial score (nSPS) is 21.6. The molecule has 0 saturated carbocycles. The van der Waals surface area contributed by atoms with Crippen molar-refractivity contribution in [2.24, 2.45) is 0 Å². The molecule has 1 aliphatic heterocycles. The van der Waals surface area contributed by atoms with E-state index in [4.69, 9.17) is 4.74 Å². The fourth-order valence-electron chi connectivity index (χ4n) is 2.55. The molecule has 0 amide bonds. The van der Waals surface area contributed by atoms with Gasteiger partial charge < -0.3 is 9.84 Å². The van der Waals surface area contributed by atoms with Crippen LogP contribution in [0.3, 0.4) is 0 Å². The summed E-state index contributed by atoms with van der Waals surface area (Å²) in [6, 6.07) is 8.18. The number of hydrogen-bond acceptors (Lipinski definition) is 2. The summed E-state index contributed by atoms with van der Waals surface area (Å²) in [6.45, 7) is 3.03. The summed E-state index contributed by atoms with van der Waals surface area (Å²) in [5.41, 5.74) is 2.35. The Morgan fingerprint density at radius 2 is 2.24 bits per heavy atom. The number of aliphatic hydroxyl groups excluding tert-OH is 1. The number of hydrogen-bond donors (Lipinski definition) is 1. The van der Waals surface area contributed by atoms with Crippen LogP contribution in [0, 0.1) is 0 Å². The number of rotatable bonds is 5. The average Bonchev–Trinajstić information content (AvgIpc) is 2.89. The van der Waals surface area contributed by atoms with E-state index in [-0.39, 0.29) is 6.10 Å². The van der Waals surface area contributed by atoms with E-state index in [1.54, 1.807) is 0 Å². The maximum absolute atomic E-state index is 10.2. The molecule has 1 N–H and O–H groups in total. The van der Waals surface area contributed by atoms with Gasteiger partial charge in [-0.05, 0) is 43.2 Å². The van der Waals surface area contributed by atoms with E-state index >= 15 is 0 Å². The van der Waals surface area contributed by atoms with Crippen molar-refractivity contribution in [3.05, 3.63) is 35.4 Å². The molecule has 2 rings (SSSR count). The Labute approximate surface area is 104 Å². The first-order chi connectivity index (χ1) is 8.31. The number of ether oxygens (including phenoxy) is 1. The van der Waals surface area contributed by atoms with Gasteiger partial charge in [0.2, 0.25) is 0 Å². The summed E-state index contributed by atoms with van der Waals surface area (Å²) in [7, 11) is 0. The molecule has 2 atom stereocenters. The second-order valence-electron chi connectivity index (χ2n) is 4.78. The SMILES string of the molecule is CCc1ccccc1C(O)CCC1CCCO1. The second-order valence-corrected chi connectivity index (χ2v) is 4.78. The largest absolute Gasteiger partial charge is 0.388 e. The number of aliphatic hydroxyl groups is 1. The van der Waals surface area contributed by atoms with Crippen molar-refractivity contribution in [3.63, 3.8) is 0 Å². The van der Waals surface area contributed by atoms with Crippen LogP contribution in [0.1, 0.15) is 49.8 Å². The summed E-state index contributed by atoms with van der Waals surface area (Å²) >= 11 is 0. The molecule has 0 radical (unpaired) electrons. The molecule has 94 valence electrons. The lowest BCUT2D eigenvalue weighted by atomic mass is 9.96. The van der Waals surface area contributed by atoms with Crippen LogP contribution in [-0.4, -0.2) is 17.8 Å². The first-order valence-corrected chi connectivity index (χ1v) is 6.68. The molecule has 0 aliphatic carbocycles. The molecule has 1 aliphatic rings. The molecule has 1 saturated heterocycles. The molecule has 2 nitrogen and oxygen atoms in total. The van der Waals surface area contributed by atoms with Gasteiger partial charge in [0.15, 0.2) is 0 Å². The van der Waals surface area contributed by atoms with Crippen LogP contribution in [0.4, 0.5) is 0 Å². The summed E-state index contributed by atoms with van der Waals surface area (Å²) < 4.78 is 5.58. The average molecular weight is 234 g/mol. The molecule has 0 aromatic heterocycles. The van der Waals surface area contributed by atoms with Gasteiger partial charge >= 0.3 is 0 Å².